The summed E-state index contributed by atoms with van der Waals surface area (Å²) in [5, 5.41) is 4.03. The second-order valence-corrected chi connectivity index (χ2v) is 12.4. The largest absolute Gasteiger partial charge is 0.352 e. The second-order valence-electron chi connectivity index (χ2n) is 11.3. The van der Waals surface area contributed by atoms with E-state index in [9.17, 15) is 9.59 Å². The molecule has 2 aliphatic rings. The molecule has 10 nitrogen and oxygen atoms in total. The van der Waals surface area contributed by atoms with Crippen molar-refractivity contribution in [3.8, 4) is 0 Å². The Bertz CT molecular complexity index is 1490. The number of imidazole rings is 1. The van der Waals surface area contributed by atoms with Gasteiger partial charge in [0.15, 0.2) is 0 Å². The quantitative estimate of drug-likeness (QED) is 0.199. The highest BCUT2D eigenvalue weighted by molar-refractivity contribution is 8.04. The van der Waals surface area contributed by atoms with Crippen LogP contribution in [0.15, 0.2) is 74.6 Å². The third kappa shape index (κ3) is 11.7. The maximum absolute atomic E-state index is 12.7. The van der Waals surface area contributed by atoms with Gasteiger partial charge in [0.05, 0.1) is 40.9 Å². The first-order chi connectivity index (χ1) is 21.9. The predicted molar refractivity (Wildman–Crippen MR) is 190 cm³/mol. The van der Waals surface area contributed by atoms with Crippen molar-refractivity contribution in [2.75, 3.05) is 73.0 Å². The van der Waals surface area contributed by atoms with E-state index in [1.165, 1.54) is 17.3 Å². The van der Waals surface area contributed by atoms with E-state index < -0.39 is 0 Å². The van der Waals surface area contributed by atoms with Gasteiger partial charge in [0, 0.05) is 39.3 Å². The molecule has 0 aliphatic carbocycles. The van der Waals surface area contributed by atoms with Crippen LogP contribution in [0.25, 0.3) is 11.7 Å². The maximum Gasteiger partial charge on any atom is 0.258 e. The highest BCUT2D eigenvalue weighted by Gasteiger charge is 2.23. The summed E-state index contributed by atoms with van der Waals surface area (Å²) in [7, 11) is 4.12. The monoisotopic (exact) mass is 666 g/mol. The third-order valence-electron chi connectivity index (χ3n) is 7.48. The molecule has 12 heteroatoms. The van der Waals surface area contributed by atoms with Gasteiger partial charge in [0.2, 0.25) is 5.91 Å². The van der Waals surface area contributed by atoms with Crippen LogP contribution >= 0.6 is 24.2 Å². The van der Waals surface area contributed by atoms with Gasteiger partial charge in [-0.05, 0) is 77.0 Å². The fraction of sp³-hybridized carbons (Fsp3) is 0.471. The number of aryl methyl sites for hydroxylation is 1. The van der Waals surface area contributed by atoms with E-state index in [1.807, 2.05) is 42.2 Å². The molecule has 0 atom stereocenters. The van der Waals surface area contributed by atoms with E-state index in [-0.39, 0.29) is 24.2 Å². The average molecular weight is 667 g/mol. The van der Waals surface area contributed by atoms with Gasteiger partial charge in [0.1, 0.15) is 5.65 Å². The van der Waals surface area contributed by atoms with Gasteiger partial charge in [-0.15, -0.1) is 12.4 Å². The number of thioether (sulfide) groups is 1. The Hall–Kier alpha value is -3.47. The molecule has 0 saturated carbocycles. The SMILES string of the molecule is CCN=C=NCCCN(C)C.Cl.O=C(NCCCN1CCN(CCCc2ccccc2)C(=O)C1)C1=Cc2cnc3cccc(n23)S1. The van der Waals surface area contributed by atoms with Crippen molar-refractivity contribution in [3.05, 3.63) is 70.9 Å². The summed E-state index contributed by atoms with van der Waals surface area (Å²) in [6, 6.07) is 19.0. The van der Waals surface area contributed by atoms with E-state index >= 15 is 0 Å². The fourth-order valence-electron chi connectivity index (χ4n) is 5.13. The number of pyridine rings is 1. The van der Waals surface area contributed by atoms with Gasteiger partial charge in [-0.25, -0.2) is 15.0 Å². The molecule has 4 heterocycles. The summed E-state index contributed by atoms with van der Waals surface area (Å²) in [4.78, 5) is 44.5. The van der Waals surface area contributed by atoms with Crippen molar-refractivity contribution in [1.82, 2.24) is 29.4 Å². The molecule has 0 unspecified atom stereocenters. The zero-order valence-electron chi connectivity index (χ0n) is 27.2. The lowest BCUT2D eigenvalue weighted by Crippen LogP contribution is -2.51. The molecule has 0 radical (unpaired) electrons. The molecule has 1 fully saturated rings. The number of carbonyl (C=O) groups excluding carboxylic acids is 2. The third-order valence-corrected chi connectivity index (χ3v) is 8.53. The molecular weight excluding hydrogens is 620 g/mol. The lowest BCUT2D eigenvalue weighted by Gasteiger charge is -2.34. The fourth-order valence-corrected chi connectivity index (χ4v) is 6.14. The topological polar surface area (TPSA) is 97.9 Å². The highest BCUT2D eigenvalue weighted by atomic mass is 35.5. The number of rotatable bonds is 14. The van der Waals surface area contributed by atoms with Crippen LogP contribution in [0.4, 0.5) is 0 Å². The predicted octanol–water partition coefficient (Wildman–Crippen LogP) is 4.62. The minimum Gasteiger partial charge on any atom is -0.352 e. The highest BCUT2D eigenvalue weighted by Crippen LogP contribution is 2.34. The molecule has 0 spiro atoms. The first-order valence-electron chi connectivity index (χ1n) is 15.9. The van der Waals surface area contributed by atoms with Gasteiger partial charge in [0.25, 0.3) is 5.91 Å². The molecule has 1 saturated heterocycles. The van der Waals surface area contributed by atoms with Crippen molar-refractivity contribution in [2.45, 2.75) is 37.6 Å². The molecule has 248 valence electrons. The molecule has 2 aromatic heterocycles. The van der Waals surface area contributed by atoms with Crippen molar-refractivity contribution < 1.29 is 9.59 Å². The lowest BCUT2D eigenvalue weighted by atomic mass is 10.1. The molecule has 2 amide bonds. The Kier molecular flexibility index (Phi) is 16.0. The second kappa shape index (κ2) is 19.9. The molecule has 2 aliphatic heterocycles. The number of halogens is 1. The zero-order valence-corrected chi connectivity index (χ0v) is 28.9. The van der Waals surface area contributed by atoms with E-state index in [0.29, 0.717) is 18.0 Å². The minimum atomic E-state index is -0.0613. The number of hydrogen-bond donors (Lipinski definition) is 1. The number of hydrogen-bond acceptors (Lipinski definition) is 8. The van der Waals surface area contributed by atoms with E-state index in [0.717, 1.165) is 87.9 Å². The summed E-state index contributed by atoms with van der Waals surface area (Å²) in [6.07, 6.45) is 7.58. The Balaban J connectivity index is 0.000000414. The first-order valence-corrected chi connectivity index (χ1v) is 16.7. The van der Waals surface area contributed by atoms with Crippen LogP contribution in [0.1, 0.15) is 37.4 Å². The Morgan fingerprint density at radius 1 is 1.04 bits per heavy atom. The van der Waals surface area contributed by atoms with Crippen molar-refractivity contribution in [1.29, 1.82) is 0 Å². The summed E-state index contributed by atoms with van der Waals surface area (Å²) in [6.45, 7) is 9.01. The van der Waals surface area contributed by atoms with Crippen LogP contribution in [-0.4, -0.2) is 115 Å². The molecule has 46 heavy (non-hydrogen) atoms. The van der Waals surface area contributed by atoms with Crippen LogP contribution in [-0.2, 0) is 16.0 Å². The van der Waals surface area contributed by atoms with Gasteiger partial charge in [-0.2, -0.15) is 0 Å². The van der Waals surface area contributed by atoms with Crippen molar-refractivity contribution in [3.63, 3.8) is 0 Å². The average Bonchev–Trinajstić information content (AvgIpc) is 3.47. The minimum absolute atomic E-state index is 0. The van der Waals surface area contributed by atoms with Crippen LogP contribution < -0.4 is 5.32 Å². The number of nitrogens with zero attached hydrogens (tertiary/aromatic N) is 7. The van der Waals surface area contributed by atoms with Crippen LogP contribution in [0.3, 0.4) is 0 Å². The number of benzene rings is 1. The normalized spacial score (nSPS) is 14.1. The van der Waals surface area contributed by atoms with E-state index in [1.54, 1.807) is 6.20 Å². The summed E-state index contributed by atoms with van der Waals surface area (Å²) in [5.74, 6) is 0.145. The lowest BCUT2D eigenvalue weighted by molar-refractivity contribution is -0.136. The van der Waals surface area contributed by atoms with Gasteiger partial charge < -0.3 is 15.1 Å². The van der Waals surface area contributed by atoms with E-state index in [2.05, 4.69) is 78.9 Å². The molecule has 0 bridgehead atoms. The van der Waals surface area contributed by atoms with Crippen molar-refractivity contribution in [2.24, 2.45) is 9.98 Å². The van der Waals surface area contributed by atoms with Crippen LogP contribution in [0.5, 0.6) is 0 Å². The van der Waals surface area contributed by atoms with Crippen molar-refractivity contribution >= 4 is 53.7 Å². The first kappa shape index (κ1) is 37.0. The Morgan fingerprint density at radius 2 is 1.87 bits per heavy atom. The van der Waals surface area contributed by atoms with Gasteiger partial charge in [-0.1, -0.05) is 48.2 Å². The van der Waals surface area contributed by atoms with Gasteiger partial charge >= 0.3 is 0 Å². The Morgan fingerprint density at radius 3 is 2.63 bits per heavy atom. The maximum atomic E-state index is 12.7. The van der Waals surface area contributed by atoms with Crippen LogP contribution in [0, 0.1) is 0 Å². The molecule has 1 aromatic carbocycles. The number of amides is 2. The number of carbonyl (C=O) groups is 2. The smallest absolute Gasteiger partial charge is 0.258 e. The number of aromatic nitrogens is 2. The van der Waals surface area contributed by atoms with E-state index in [4.69, 9.17) is 0 Å². The summed E-state index contributed by atoms with van der Waals surface area (Å²) >= 11 is 1.47. The number of aliphatic imine (C=N–C) groups is 2. The summed E-state index contributed by atoms with van der Waals surface area (Å²) in [5.41, 5.74) is 3.14. The Labute approximate surface area is 283 Å². The van der Waals surface area contributed by atoms with Crippen LogP contribution in [0.2, 0.25) is 0 Å². The number of piperazine rings is 1. The molecule has 5 rings (SSSR count). The molecular formula is C34H47ClN8O2S. The summed E-state index contributed by atoms with van der Waals surface area (Å²) < 4.78 is 2.06. The zero-order chi connectivity index (χ0) is 31.9. The standard InChI is InChI=1S/C26H29N5O2S.C8H17N3.ClH/c32-24-19-29(15-16-30(24)14-5-9-20-7-2-1-3-8-20)13-6-12-27-26(33)22-17-21-18-28-23-10-4-11-25(34-22)31(21)23;1-4-9-8-10-6-5-7-11(2)3;/h1-4,7-8,10-11,17-18H,5-6,9,12-16,19H2,(H,27,33);4-7H2,1-3H3;1H. The van der Waals surface area contributed by atoms with Gasteiger partial charge in [-0.3, -0.25) is 18.9 Å². The molecule has 1 N–H and O–H groups in total. The molecule has 3 aromatic rings. The number of nitrogens with one attached hydrogen (secondary N) is 1.